The molecular formula is C20H26F3N3O3. The number of hydrogen-bond donors (Lipinski definition) is 3. The topological polar surface area (TPSA) is 79.0 Å². The van der Waals surface area contributed by atoms with E-state index < -0.39 is 18.0 Å². The molecule has 0 aliphatic carbocycles. The molecule has 9 heteroatoms. The summed E-state index contributed by atoms with van der Waals surface area (Å²) >= 11 is 0. The normalized spacial score (nSPS) is 14.0. The number of aliphatic imine (C=N–C) groups is 1. The van der Waals surface area contributed by atoms with Crippen molar-refractivity contribution in [1.82, 2.24) is 10.6 Å². The molecule has 0 fully saturated rings. The van der Waals surface area contributed by atoms with Gasteiger partial charge < -0.3 is 24.9 Å². The number of benzene rings is 1. The Bertz CT molecular complexity index is 851. The Morgan fingerprint density at radius 3 is 2.62 bits per heavy atom. The maximum Gasteiger partial charge on any atom is 0.387 e. The van der Waals surface area contributed by atoms with Gasteiger partial charge in [0, 0.05) is 12.1 Å². The van der Waals surface area contributed by atoms with Gasteiger partial charge in [-0.15, -0.1) is 0 Å². The number of guanidine groups is 1. The molecule has 0 bridgehead atoms. The van der Waals surface area contributed by atoms with Gasteiger partial charge in [0.05, 0.1) is 18.7 Å². The maximum absolute atomic E-state index is 14.1. The fourth-order valence-corrected chi connectivity index (χ4v) is 2.92. The number of aryl methyl sites for hydroxylation is 2. The number of rotatable bonds is 8. The molecule has 1 unspecified atom stereocenters. The summed E-state index contributed by atoms with van der Waals surface area (Å²) in [5.74, 6) is 0.619. The molecule has 0 radical (unpaired) electrons. The average Bonchev–Trinajstić information content (AvgIpc) is 2.97. The van der Waals surface area contributed by atoms with Crippen LogP contribution in [-0.4, -0.2) is 30.8 Å². The molecule has 0 saturated heterocycles. The zero-order chi connectivity index (χ0) is 21.6. The molecule has 2 aromatic rings. The van der Waals surface area contributed by atoms with Gasteiger partial charge in [0.15, 0.2) is 5.96 Å². The van der Waals surface area contributed by atoms with Gasteiger partial charge in [-0.1, -0.05) is 6.07 Å². The second-order valence-electron chi connectivity index (χ2n) is 6.74. The molecule has 6 nitrogen and oxygen atoms in total. The number of ether oxygens (including phenoxy) is 1. The molecule has 1 aromatic heterocycles. The maximum atomic E-state index is 14.1. The van der Waals surface area contributed by atoms with Gasteiger partial charge in [0.25, 0.3) is 0 Å². The van der Waals surface area contributed by atoms with E-state index in [2.05, 4.69) is 20.4 Å². The molecule has 0 spiro atoms. The number of halogens is 3. The average molecular weight is 413 g/mol. The van der Waals surface area contributed by atoms with Gasteiger partial charge in [0.1, 0.15) is 28.7 Å². The van der Waals surface area contributed by atoms with E-state index in [1.165, 1.54) is 12.1 Å². The van der Waals surface area contributed by atoms with Crippen LogP contribution in [0.1, 0.15) is 36.5 Å². The van der Waals surface area contributed by atoms with Crippen molar-refractivity contribution in [3.05, 3.63) is 52.7 Å². The third kappa shape index (κ3) is 6.15. The van der Waals surface area contributed by atoms with E-state index in [-0.39, 0.29) is 30.4 Å². The third-order valence-electron chi connectivity index (χ3n) is 4.25. The van der Waals surface area contributed by atoms with Gasteiger partial charge in [0.2, 0.25) is 0 Å². The lowest BCUT2D eigenvalue weighted by molar-refractivity contribution is -0.0506. The van der Waals surface area contributed by atoms with E-state index in [9.17, 15) is 18.3 Å². The van der Waals surface area contributed by atoms with Crippen molar-refractivity contribution in [3.8, 4) is 5.75 Å². The summed E-state index contributed by atoms with van der Waals surface area (Å²) in [7, 11) is 0. The smallest absolute Gasteiger partial charge is 0.387 e. The van der Waals surface area contributed by atoms with Gasteiger partial charge >= 0.3 is 6.61 Å². The third-order valence-corrected chi connectivity index (χ3v) is 4.25. The second kappa shape index (κ2) is 9.69. The van der Waals surface area contributed by atoms with E-state index >= 15 is 0 Å². The number of nitrogens with one attached hydrogen (secondary N) is 2. The summed E-state index contributed by atoms with van der Waals surface area (Å²) in [6, 6.07) is 5.46. The highest BCUT2D eigenvalue weighted by atomic mass is 19.3. The predicted molar refractivity (Wildman–Crippen MR) is 104 cm³/mol. The Morgan fingerprint density at radius 2 is 2.03 bits per heavy atom. The van der Waals surface area contributed by atoms with Crippen molar-refractivity contribution >= 4 is 5.96 Å². The fourth-order valence-electron chi connectivity index (χ4n) is 2.92. The van der Waals surface area contributed by atoms with E-state index in [0.717, 1.165) is 6.07 Å². The van der Waals surface area contributed by atoms with Crippen LogP contribution in [0.25, 0.3) is 0 Å². The molecule has 0 aliphatic heterocycles. The van der Waals surface area contributed by atoms with Crippen LogP contribution in [0.2, 0.25) is 0 Å². The quantitative estimate of drug-likeness (QED) is 0.455. The molecule has 3 N–H and O–H groups in total. The van der Waals surface area contributed by atoms with Crippen molar-refractivity contribution in [2.24, 2.45) is 4.99 Å². The Labute approximate surface area is 167 Å². The van der Waals surface area contributed by atoms with Crippen LogP contribution >= 0.6 is 0 Å². The first-order valence-corrected chi connectivity index (χ1v) is 9.18. The monoisotopic (exact) mass is 413 g/mol. The minimum atomic E-state index is -3.07. The lowest BCUT2D eigenvalue weighted by Gasteiger charge is -2.24. The summed E-state index contributed by atoms with van der Waals surface area (Å²) in [4.78, 5) is 4.23. The van der Waals surface area contributed by atoms with Crippen molar-refractivity contribution in [2.75, 3.05) is 13.1 Å². The molecular weight excluding hydrogens is 387 g/mol. The zero-order valence-electron chi connectivity index (χ0n) is 16.9. The van der Waals surface area contributed by atoms with Crippen LogP contribution in [0.4, 0.5) is 13.2 Å². The Kier molecular flexibility index (Phi) is 7.55. The SMILES string of the molecule is CCNC(=NCc1c(F)cccc1OC(F)F)NCC(C)(O)c1cc(C)oc1C. The highest BCUT2D eigenvalue weighted by Gasteiger charge is 2.28. The Morgan fingerprint density at radius 1 is 1.31 bits per heavy atom. The van der Waals surface area contributed by atoms with Gasteiger partial charge in [-0.25, -0.2) is 9.38 Å². The molecule has 0 saturated carbocycles. The van der Waals surface area contributed by atoms with Crippen molar-refractivity contribution in [1.29, 1.82) is 0 Å². The van der Waals surface area contributed by atoms with Crippen LogP contribution in [0.3, 0.4) is 0 Å². The fraction of sp³-hybridized carbons (Fsp3) is 0.450. The summed E-state index contributed by atoms with van der Waals surface area (Å²) in [6.07, 6.45) is 0. The molecule has 1 aromatic carbocycles. The number of alkyl halides is 2. The van der Waals surface area contributed by atoms with Crippen LogP contribution in [0, 0.1) is 19.7 Å². The first-order chi connectivity index (χ1) is 13.6. The van der Waals surface area contributed by atoms with E-state index in [4.69, 9.17) is 4.42 Å². The van der Waals surface area contributed by atoms with Gasteiger partial charge in [-0.05, 0) is 45.9 Å². The second-order valence-corrected chi connectivity index (χ2v) is 6.74. The molecule has 2 rings (SSSR count). The number of furan rings is 1. The summed E-state index contributed by atoms with van der Waals surface area (Å²) in [5, 5.41) is 16.8. The number of nitrogens with zero attached hydrogens (tertiary/aromatic N) is 1. The summed E-state index contributed by atoms with van der Waals surface area (Å²) in [5.41, 5.74) is -0.696. The standard InChI is InChI=1S/C20H26F3N3O3/c1-5-24-19(26-11-20(4,27)15-9-12(2)28-13(15)3)25-10-14-16(21)7-6-8-17(14)29-18(22)23/h6-9,18,27H,5,10-11H2,1-4H3,(H2,24,25,26). The lowest BCUT2D eigenvalue weighted by Crippen LogP contribution is -2.44. The molecule has 1 atom stereocenters. The Balaban J connectivity index is 2.16. The Hall–Kier alpha value is -2.68. The van der Waals surface area contributed by atoms with E-state index in [0.29, 0.717) is 23.6 Å². The first kappa shape index (κ1) is 22.6. The predicted octanol–water partition coefficient (Wildman–Crippen LogP) is 3.60. The molecule has 160 valence electrons. The number of hydrogen-bond acceptors (Lipinski definition) is 4. The zero-order valence-corrected chi connectivity index (χ0v) is 16.9. The number of aliphatic hydroxyl groups is 1. The lowest BCUT2D eigenvalue weighted by atomic mass is 9.96. The highest BCUT2D eigenvalue weighted by Crippen LogP contribution is 2.27. The first-order valence-electron chi connectivity index (χ1n) is 9.18. The van der Waals surface area contributed by atoms with Crippen LogP contribution in [-0.2, 0) is 12.1 Å². The van der Waals surface area contributed by atoms with Crippen molar-refractivity contribution in [3.63, 3.8) is 0 Å². The summed E-state index contributed by atoms with van der Waals surface area (Å²) in [6.45, 7) is 4.34. The van der Waals surface area contributed by atoms with E-state index in [1.807, 2.05) is 6.92 Å². The van der Waals surface area contributed by atoms with E-state index in [1.54, 1.807) is 26.8 Å². The van der Waals surface area contributed by atoms with Crippen LogP contribution in [0.5, 0.6) is 5.75 Å². The van der Waals surface area contributed by atoms with Crippen LogP contribution < -0.4 is 15.4 Å². The van der Waals surface area contributed by atoms with Crippen molar-refractivity contribution in [2.45, 2.75) is 46.5 Å². The minimum Gasteiger partial charge on any atom is -0.466 e. The highest BCUT2D eigenvalue weighted by molar-refractivity contribution is 5.79. The molecule has 29 heavy (non-hydrogen) atoms. The van der Waals surface area contributed by atoms with Gasteiger partial charge in [-0.2, -0.15) is 8.78 Å². The summed E-state index contributed by atoms with van der Waals surface area (Å²) < 4.78 is 49.1. The molecule has 0 aliphatic rings. The minimum absolute atomic E-state index is 0.0851. The molecule has 1 heterocycles. The van der Waals surface area contributed by atoms with Crippen LogP contribution in [0.15, 0.2) is 33.7 Å². The largest absolute Gasteiger partial charge is 0.466 e. The molecule has 0 amide bonds. The van der Waals surface area contributed by atoms with Gasteiger partial charge in [-0.3, -0.25) is 0 Å². The van der Waals surface area contributed by atoms with Crippen molar-refractivity contribution < 1.29 is 27.4 Å².